The van der Waals surface area contributed by atoms with Crippen LogP contribution in [0.25, 0.3) is 0 Å². The second kappa shape index (κ2) is 9.92. The van der Waals surface area contributed by atoms with Gasteiger partial charge in [0.25, 0.3) is 0 Å². The summed E-state index contributed by atoms with van der Waals surface area (Å²) in [6, 6.07) is 7.87. The molecule has 6 nitrogen and oxygen atoms in total. The molecular formula is C22H33N3O3. The molecule has 2 amide bonds. The van der Waals surface area contributed by atoms with Gasteiger partial charge in [-0.1, -0.05) is 19.1 Å². The second-order valence-electron chi connectivity index (χ2n) is 7.88. The SMILES string of the molecule is CCC1CCCCN1C(=O)CN1CCC(C(=O)Nc2ccccc2OC)CC1. The highest BCUT2D eigenvalue weighted by Crippen LogP contribution is 2.26. The molecule has 1 aromatic carbocycles. The van der Waals surface area contributed by atoms with Crippen molar-refractivity contribution in [1.82, 2.24) is 9.80 Å². The third-order valence-corrected chi connectivity index (χ3v) is 6.10. The lowest BCUT2D eigenvalue weighted by Gasteiger charge is -2.38. The number of benzene rings is 1. The van der Waals surface area contributed by atoms with Crippen molar-refractivity contribution >= 4 is 17.5 Å². The molecule has 0 aromatic heterocycles. The minimum atomic E-state index is -0.0189. The summed E-state index contributed by atoms with van der Waals surface area (Å²) in [6.45, 7) is 5.13. The number of anilines is 1. The van der Waals surface area contributed by atoms with Crippen molar-refractivity contribution in [2.45, 2.75) is 51.5 Å². The van der Waals surface area contributed by atoms with Crippen LogP contribution < -0.4 is 10.1 Å². The van der Waals surface area contributed by atoms with Gasteiger partial charge in [0, 0.05) is 18.5 Å². The summed E-state index contributed by atoms with van der Waals surface area (Å²) in [5.74, 6) is 0.946. The first-order valence-electron chi connectivity index (χ1n) is 10.6. The Kier molecular flexibility index (Phi) is 7.31. The number of piperidine rings is 2. The molecule has 0 aliphatic carbocycles. The molecule has 6 heteroatoms. The zero-order chi connectivity index (χ0) is 19.9. The Balaban J connectivity index is 1.47. The quantitative estimate of drug-likeness (QED) is 0.815. The standard InChI is InChI=1S/C22H33N3O3/c1-3-18-8-6-7-13-25(18)21(26)16-24-14-11-17(12-15-24)22(27)23-19-9-4-5-10-20(19)28-2/h4-5,9-10,17-18H,3,6-8,11-16H2,1-2H3,(H,23,27). The molecule has 154 valence electrons. The molecule has 0 bridgehead atoms. The Bertz CT molecular complexity index is 671. The van der Waals surface area contributed by atoms with Crippen LogP contribution in [0.15, 0.2) is 24.3 Å². The Morgan fingerprint density at radius 3 is 2.57 bits per heavy atom. The zero-order valence-corrected chi connectivity index (χ0v) is 17.2. The Labute approximate surface area is 168 Å². The molecule has 1 N–H and O–H groups in total. The summed E-state index contributed by atoms with van der Waals surface area (Å²) in [4.78, 5) is 29.7. The molecule has 0 spiro atoms. The van der Waals surface area contributed by atoms with Crippen molar-refractivity contribution in [3.8, 4) is 5.75 Å². The van der Waals surface area contributed by atoms with E-state index in [2.05, 4.69) is 22.0 Å². The Morgan fingerprint density at radius 2 is 1.86 bits per heavy atom. The molecule has 1 atom stereocenters. The highest BCUT2D eigenvalue weighted by molar-refractivity contribution is 5.94. The molecule has 2 aliphatic rings. The van der Waals surface area contributed by atoms with Gasteiger partial charge in [0.05, 0.1) is 19.3 Å². The summed E-state index contributed by atoms with van der Waals surface area (Å²) < 4.78 is 5.30. The lowest BCUT2D eigenvalue weighted by atomic mass is 9.95. The lowest BCUT2D eigenvalue weighted by molar-refractivity contribution is -0.136. The average molecular weight is 388 g/mol. The van der Waals surface area contributed by atoms with Crippen LogP contribution in [0.1, 0.15) is 45.4 Å². The van der Waals surface area contributed by atoms with E-state index in [1.807, 2.05) is 24.3 Å². The summed E-state index contributed by atoms with van der Waals surface area (Å²) >= 11 is 0. The van der Waals surface area contributed by atoms with Gasteiger partial charge in [0.15, 0.2) is 0 Å². The first-order chi connectivity index (χ1) is 13.6. The van der Waals surface area contributed by atoms with Gasteiger partial charge in [-0.2, -0.15) is 0 Å². The molecule has 1 unspecified atom stereocenters. The minimum absolute atomic E-state index is 0.0189. The van der Waals surface area contributed by atoms with Gasteiger partial charge in [-0.05, 0) is 63.7 Å². The van der Waals surface area contributed by atoms with Crippen molar-refractivity contribution in [1.29, 1.82) is 0 Å². The number of rotatable bonds is 6. The second-order valence-corrected chi connectivity index (χ2v) is 7.88. The number of carbonyl (C=O) groups excluding carboxylic acids is 2. The first-order valence-corrected chi connectivity index (χ1v) is 10.6. The van der Waals surface area contributed by atoms with Crippen LogP contribution in [0.2, 0.25) is 0 Å². The van der Waals surface area contributed by atoms with Gasteiger partial charge < -0.3 is 15.0 Å². The van der Waals surface area contributed by atoms with Crippen LogP contribution >= 0.6 is 0 Å². The molecule has 28 heavy (non-hydrogen) atoms. The van der Waals surface area contributed by atoms with Crippen LogP contribution in [0.4, 0.5) is 5.69 Å². The number of nitrogens with zero attached hydrogens (tertiary/aromatic N) is 2. The molecule has 0 radical (unpaired) electrons. The molecule has 3 rings (SSSR count). The summed E-state index contributed by atoms with van der Waals surface area (Å²) in [7, 11) is 1.60. The van der Waals surface area contributed by atoms with E-state index >= 15 is 0 Å². The smallest absolute Gasteiger partial charge is 0.236 e. The van der Waals surface area contributed by atoms with Gasteiger partial charge in [0.2, 0.25) is 11.8 Å². The number of hydrogen-bond acceptors (Lipinski definition) is 4. The summed E-state index contributed by atoms with van der Waals surface area (Å²) in [5, 5.41) is 2.99. The van der Waals surface area contributed by atoms with E-state index in [4.69, 9.17) is 4.74 Å². The fourth-order valence-electron chi connectivity index (χ4n) is 4.37. The number of ether oxygens (including phenoxy) is 1. The largest absolute Gasteiger partial charge is 0.495 e. The lowest BCUT2D eigenvalue weighted by Crippen LogP contribution is -2.49. The van der Waals surface area contributed by atoms with E-state index < -0.39 is 0 Å². The van der Waals surface area contributed by atoms with Crippen LogP contribution in [-0.2, 0) is 9.59 Å². The van der Waals surface area contributed by atoms with E-state index in [1.165, 1.54) is 6.42 Å². The summed E-state index contributed by atoms with van der Waals surface area (Å²) in [6.07, 6.45) is 6.09. The molecule has 2 fully saturated rings. The van der Waals surface area contributed by atoms with Crippen LogP contribution in [-0.4, -0.2) is 60.9 Å². The van der Waals surface area contributed by atoms with Crippen LogP contribution in [0, 0.1) is 5.92 Å². The van der Waals surface area contributed by atoms with Crippen LogP contribution in [0.5, 0.6) is 5.75 Å². The Morgan fingerprint density at radius 1 is 1.11 bits per heavy atom. The van der Waals surface area contributed by atoms with Crippen molar-refractivity contribution in [3.63, 3.8) is 0 Å². The summed E-state index contributed by atoms with van der Waals surface area (Å²) in [5.41, 5.74) is 0.711. The molecule has 2 saturated heterocycles. The highest BCUT2D eigenvalue weighted by atomic mass is 16.5. The third-order valence-electron chi connectivity index (χ3n) is 6.10. The molecule has 1 aromatic rings. The number of amides is 2. The van der Waals surface area contributed by atoms with E-state index in [0.29, 0.717) is 24.0 Å². The normalized spacial score (nSPS) is 21.4. The monoisotopic (exact) mass is 387 g/mol. The van der Waals surface area contributed by atoms with E-state index in [9.17, 15) is 9.59 Å². The number of hydrogen-bond donors (Lipinski definition) is 1. The number of nitrogens with one attached hydrogen (secondary N) is 1. The van der Waals surface area contributed by atoms with E-state index in [-0.39, 0.29) is 17.7 Å². The molecule has 2 heterocycles. The fraction of sp³-hybridized carbons (Fsp3) is 0.636. The number of likely N-dealkylation sites (tertiary alicyclic amines) is 2. The van der Waals surface area contributed by atoms with Crippen molar-refractivity contribution in [2.75, 3.05) is 38.6 Å². The zero-order valence-electron chi connectivity index (χ0n) is 17.2. The molecular weight excluding hydrogens is 354 g/mol. The maximum Gasteiger partial charge on any atom is 0.236 e. The van der Waals surface area contributed by atoms with Gasteiger partial charge in [-0.15, -0.1) is 0 Å². The van der Waals surface area contributed by atoms with Gasteiger partial charge in [0.1, 0.15) is 5.75 Å². The predicted octanol–water partition coefficient (Wildman–Crippen LogP) is 3.14. The molecule has 2 aliphatic heterocycles. The number of carbonyl (C=O) groups is 2. The van der Waals surface area contributed by atoms with E-state index in [1.54, 1.807) is 7.11 Å². The van der Waals surface area contributed by atoms with E-state index in [0.717, 1.165) is 51.7 Å². The van der Waals surface area contributed by atoms with Gasteiger partial charge in [-0.3, -0.25) is 14.5 Å². The topological polar surface area (TPSA) is 61.9 Å². The predicted molar refractivity (Wildman–Crippen MR) is 110 cm³/mol. The fourth-order valence-corrected chi connectivity index (χ4v) is 4.37. The maximum atomic E-state index is 12.8. The highest BCUT2D eigenvalue weighted by Gasteiger charge is 2.30. The van der Waals surface area contributed by atoms with Crippen molar-refractivity contribution in [2.24, 2.45) is 5.92 Å². The third kappa shape index (κ3) is 5.04. The minimum Gasteiger partial charge on any atom is -0.495 e. The van der Waals surface area contributed by atoms with Crippen LogP contribution in [0.3, 0.4) is 0 Å². The number of para-hydroxylation sites is 2. The Hall–Kier alpha value is -2.08. The maximum absolute atomic E-state index is 12.8. The first kappa shape index (κ1) is 20.6. The average Bonchev–Trinajstić information content (AvgIpc) is 2.74. The van der Waals surface area contributed by atoms with Gasteiger partial charge >= 0.3 is 0 Å². The molecule has 0 saturated carbocycles. The van der Waals surface area contributed by atoms with Gasteiger partial charge in [-0.25, -0.2) is 0 Å². The van der Waals surface area contributed by atoms with Crippen molar-refractivity contribution in [3.05, 3.63) is 24.3 Å². The number of methoxy groups -OCH3 is 1. The van der Waals surface area contributed by atoms with Crippen molar-refractivity contribution < 1.29 is 14.3 Å².